The largest absolute Gasteiger partial charge is 0.401 e. The van der Waals surface area contributed by atoms with Crippen LogP contribution in [-0.4, -0.2) is 36.8 Å². The van der Waals surface area contributed by atoms with Gasteiger partial charge in [-0.2, -0.15) is 13.2 Å². The number of alkyl halides is 3. The molecule has 0 radical (unpaired) electrons. The lowest BCUT2D eigenvalue weighted by Crippen LogP contribution is -2.54. The first-order chi connectivity index (χ1) is 6.21. The molecule has 0 aromatic carbocycles. The molecular formula is C9H18ClF3N2. The van der Waals surface area contributed by atoms with Crippen molar-refractivity contribution in [2.75, 3.05) is 19.6 Å². The van der Waals surface area contributed by atoms with Crippen molar-refractivity contribution in [3.05, 3.63) is 0 Å². The molecule has 1 atom stereocenters. The minimum absolute atomic E-state index is 0. The summed E-state index contributed by atoms with van der Waals surface area (Å²) in [6.07, 6.45) is -3.46. The quantitative estimate of drug-likeness (QED) is 0.767. The molecule has 0 aliphatic carbocycles. The fraction of sp³-hybridized carbons (Fsp3) is 1.00. The van der Waals surface area contributed by atoms with Gasteiger partial charge in [0, 0.05) is 12.6 Å². The van der Waals surface area contributed by atoms with Crippen LogP contribution in [0, 0.1) is 5.41 Å². The molecule has 1 unspecified atom stereocenters. The van der Waals surface area contributed by atoms with Gasteiger partial charge >= 0.3 is 6.18 Å². The summed E-state index contributed by atoms with van der Waals surface area (Å²) in [6, 6.07) is 0.00647. The second-order valence-corrected chi connectivity index (χ2v) is 4.71. The Bertz CT molecular complexity index is 206. The van der Waals surface area contributed by atoms with Crippen LogP contribution in [0.25, 0.3) is 0 Å². The van der Waals surface area contributed by atoms with Gasteiger partial charge in [0.1, 0.15) is 0 Å². The second kappa shape index (κ2) is 4.89. The smallest absolute Gasteiger partial charge is 0.327 e. The van der Waals surface area contributed by atoms with E-state index in [-0.39, 0.29) is 23.9 Å². The summed E-state index contributed by atoms with van der Waals surface area (Å²) < 4.78 is 36.3. The average molecular weight is 247 g/mol. The maximum absolute atomic E-state index is 12.1. The van der Waals surface area contributed by atoms with Gasteiger partial charge < -0.3 is 5.73 Å². The standard InChI is InChI=1S/C9H17F3N2.ClH/c1-8(2)5-14(4-3-7(8)13)6-9(10,11)12;/h7H,3-6,13H2,1-2H3;1H. The number of rotatable bonds is 1. The summed E-state index contributed by atoms with van der Waals surface area (Å²) in [6.45, 7) is 3.89. The molecule has 2 N–H and O–H groups in total. The van der Waals surface area contributed by atoms with Crippen molar-refractivity contribution in [1.82, 2.24) is 4.90 Å². The van der Waals surface area contributed by atoms with Crippen molar-refractivity contribution in [3.8, 4) is 0 Å². The van der Waals surface area contributed by atoms with Gasteiger partial charge in [0.25, 0.3) is 0 Å². The van der Waals surface area contributed by atoms with Gasteiger partial charge in [0.15, 0.2) is 0 Å². The first kappa shape index (κ1) is 15.0. The van der Waals surface area contributed by atoms with Crippen LogP contribution in [0.15, 0.2) is 0 Å². The molecule has 1 aliphatic heterocycles. The van der Waals surface area contributed by atoms with E-state index in [1.165, 1.54) is 4.90 Å². The van der Waals surface area contributed by atoms with Crippen molar-refractivity contribution in [2.24, 2.45) is 11.1 Å². The normalized spacial score (nSPS) is 27.2. The van der Waals surface area contributed by atoms with Crippen molar-refractivity contribution in [3.63, 3.8) is 0 Å². The number of nitrogens with zero attached hydrogens (tertiary/aromatic N) is 1. The van der Waals surface area contributed by atoms with Crippen LogP contribution in [0.2, 0.25) is 0 Å². The van der Waals surface area contributed by atoms with E-state index in [9.17, 15) is 13.2 Å². The molecule has 1 fully saturated rings. The van der Waals surface area contributed by atoms with Crippen LogP contribution in [0.1, 0.15) is 20.3 Å². The molecule has 15 heavy (non-hydrogen) atoms. The number of hydrogen-bond acceptors (Lipinski definition) is 2. The van der Waals surface area contributed by atoms with Gasteiger partial charge in [-0.1, -0.05) is 13.8 Å². The van der Waals surface area contributed by atoms with Gasteiger partial charge in [-0.25, -0.2) is 0 Å². The molecule has 92 valence electrons. The molecular weight excluding hydrogens is 229 g/mol. The van der Waals surface area contributed by atoms with Crippen molar-refractivity contribution in [2.45, 2.75) is 32.5 Å². The van der Waals surface area contributed by atoms with Crippen molar-refractivity contribution in [1.29, 1.82) is 0 Å². The van der Waals surface area contributed by atoms with E-state index >= 15 is 0 Å². The Morgan fingerprint density at radius 1 is 1.40 bits per heavy atom. The van der Waals surface area contributed by atoms with Crippen LogP contribution < -0.4 is 5.73 Å². The van der Waals surface area contributed by atoms with Gasteiger partial charge in [0.05, 0.1) is 6.54 Å². The highest BCUT2D eigenvalue weighted by atomic mass is 35.5. The van der Waals surface area contributed by atoms with E-state index in [4.69, 9.17) is 5.73 Å². The third kappa shape index (κ3) is 4.57. The Morgan fingerprint density at radius 3 is 2.33 bits per heavy atom. The predicted molar refractivity (Wildman–Crippen MR) is 56.1 cm³/mol. The SMILES string of the molecule is CC1(C)CN(CC(F)(F)F)CCC1N.Cl. The van der Waals surface area contributed by atoms with Gasteiger partial charge in [0.2, 0.25) is 0 Å². The molecule has 0 spiro atoms. The van der Waals surface area contributed by atoms with E-state index in [0.29, 0.717) is 19.5 Å². The lowest BCUT2D eigenvalue weighted by molar-refractivity contribution is -0.152. The van der Waals surface area contributed by atoms with Crippen molar-refractivity contribution < 1.29 is 13.2 Å². The minimum Gasteiger partial charge on any atom is -0.327 e. The van der Waals surface area contributed by atoms with E-state index in [1.54, 1.807) is 0 Å². The highest BCUT2D eigenvalue weighted by Gasteiger charge is 2.38. The summed E-state index contributed by atoms with van der Waals surface area (Å²) in [5.74, 6) is 0. The molecule has 0 aromatic rings. The number of nitrogens with two attached hydrogens (primary N) is 1. The third-order valence-electron chi connectivity index (χ3n) is 2.79. The number of likely N-dealkylation sites (tertiary alicyclic amines) is 1. The summed E-state index contributed by atoms with van der Waals surface area (Å²) in [4.78, 5) is 1.43. The Morgan fingerprint density at radius 2 is 1.93 bits per heavy atom. The van der Waals surface area contributed by atoms with Crippen LogP contribution in [0.3, 0.4) is 0 Å². The van der Waals surface area contributed by atoms with Crippen LogP contribution in [0.5, 0.6) is 0 Å². The van der Waals surface area contributed by atoms with E-state index < -0.39 is 12.7 Å². The molecule has 0 aromatic heterocycles. The summed E-state index contributed by atoms with van der Waals surface area (Å²) in [7, 11) is 0. The molecule has 6 heteroatoms. The summed E-state index contributed by atoms with van der Waals surface area (Å²) >= 11 is 0. The fourth-order valence-corrected chi connectivity index (χ4v) is 1.87. The number of hydrogen-bond donors (Lipinski definition) is 1. The maximum atomic E-state index is 12.1. The highest BCUT2D eigenvalue weighted by molar-refractivity contribution is 5.85. The molecule has 1 rings (SSSR count). The monoisotopic (exact) mass is 246 g/mol. The Hall–Kier alpha value is 0. The maximum Gasteiger partial charge on any atom is 0.401 e. The van der Waals surface area contributed by atoms with Gasteiger partial charge in [-0.05, 0) is 18.4 Å². The zero-order valence-electron chi connectivity index (χ0n) is 8.97. The number of piperidine rings is 1. The molecule has 0 amide bonds. The lowest BCUT2D eigenvalue weighted by Gasteiger charge is -2.42. The predicted octanol–water partition coefficient (Wildman–Crippen LogP) is 2.03. The van der Waals surface area contributed by atoms with E-state index in [0.717, 1.165) is 0 Å². The second-order valence-electron chi connectivity index (χ2n) is 4.71. The first-order valence-electron chi connectivity index (χ1n) is 4.75. The molecule has 2 nitrogen and oxygen atoms in total. The molecule has 1 heterocycles. The van der Waals surface area contributed by atoms with Gasteiger partial charge in [-0.15, -0.1) is 12.4 Å². The molecule has 0 bridgehead atoms. The van der Waals surface area contributed by atoms with Crippen LogP contribution in [0.4, 0.5) is 13.2 Å². The van der Waals surface area contributed by atoms with Crippen LogP contribution >= 0.6 is 12.4 Å². The minimum atomic E-state index is -4.10. The molecule has 0 saturated carbocycles. The Kier molecular flexibility index (Phi) is 4.89. The first-order valence-corrected chi connectivity index (χ1v) is 4.75. The Labute approximate surface area is 94.4 Å². The average Bonchev–Trinajstić information content (AvgIpc) is 1.93. The van der Waals surface area contributed by atoms with Crippen molar-refractivity contribution >= 4 is 12.4 Å². The third-order valence-corrected chi connectivity index (χ3v) is 2.79. The molecule has 1 saturated heterocycles. The zero-order chi connectivity index (χ0) is 11.0. The summed E-state index contributed by atoms with van der Waals surface area (Å²) in [5.41, 5.74) is 5.61. The van der Waals surface area contributed by atoms with Crippen LogP contribution in [-0.2, 0) is 0 Å². The lowest BCUT2D eigenvalue weighted by atomic mass is 9.80. The van der Waals surface area contributed by atoms with E-state index in [2.05, 4.69) is 0 Å². The zero-order valence-corrected chi connectivity index (χ0v) is 9.79. The fourth-order valence-electron chi connectivity index (χ4n) is 1.87. The summed E-state index contributed by atoms with van der Waals surface area (Å²) in [5, 5.41) is 0. The Balaban J connectivity index is 0.00000196. The van der Waals surface area contributed by atoms with E-state index in [1.807, 2.05) is 13.8 Å². The highest BCUT2D eigenvalue weighted by Crippen LogP contribution is 2.29. The molecule has 1 aliphatic rings. The topological polar surface area (TPSA) is 29.3 Å². The number of halogens is 4. The van der Waals surface area contributed by atoms with Gasteiger partial charge in [-0.3, -0.25) is 4.90 Å².